The van der Waals surface area contributed by atoms with Gasteiger partial charge in [-0.15, -0.1) is 0 Å². The van der Waals surface area contributed by atoms with Crippen molar-refractivity contribution in [3.63, 3.8) is 0 Å². The molecule has 0 fully saturated rings. The predicted molar refractivity (Wildman–Crippen MR) is 118 cm³/mol. The Morgan fingerprint density at radius 2 is 1.60 bits per heavy atom. The quantitative estimate of drug-likeness (QED) is 0.535. The fraction of sp³-hybridized carbons (Fsp3) is 0.160. The molecule has 1 amide bonds. The Balaban J connectivity index is 1.53. The molecule has 0 spiro atoms. The van der Waals surface area contributed by atoms with E-state index in [1.54, 1.807) is 10.7 Å². The van der Waals surface area contributed by atoms with Gasteiger partial charge in [0.15, 0.2) is 0 Å². The topological polar surface area (TPSA) is 64.0 Å². The van der Waals surface area contributed by atoms with E-state index >= 15 is 0 Å². The number of nitrogens with zero attached hydrogens (tertiary/aromatic N) is 2. The van der Waals surface area contributed by atoms with Crippen LogP contribution in [0.2, 0.25) is 0 Å². The Labute approximate surface area is 175 Å². The number of nitrogens with one attached hydrogen (secondary N) is 1. The van der Waals surface area contributed by atoms with Crippen LogP contribution < -0.4 is 10.7 Å². The predicted octanol–water partition coefficient (Wildman–Crippen LogP) is 4.00. The Hall–Kier alpha value is -3.73. The van der Waals surface area contributed by atoms with Crippen molar-refractivity contribution in [3.8, 4) is 0 Å². The van der Waals surface area contributed by atoms with Crippen molar-refractivity contribution >= 4 is 16.8 Å². The molecule has 0 aliphatic heterocycles. The summed E-state index contributed by atoms with van der Waals surface area (Å²) < 4.78 is 1.71. The van der Waals surface area contributed by atoms with Crippen molar-refractivity contribution in [2.45, 2.75) is 25.9 Å². The van der Waals surface area contributed by atoms with E-state index in [-0.39, 0.29) is 23.8 Å². The highest BCUT2D eigenvalue weighted by Crippen LogP contribution is 2.22. The van der Waals surface area contributed by atoms with Crippen molar-refractivity contribution < 1.29 is 4.79 Å². The molecule has 1 atom stereocenters. The minimum atomic E-state index is -0.224. The van der Waals surface area contributed by atoms with Crippen LogP contribution in [0.4, 0.5) is 0 Å². The molecule has 1 aromatic heterocycles. The van der Waals surface area contributed by atoms with Gasteiger partial charge in [-0.25, -0.2) is 0 Å². The minimum absolute atomic E-state index is 0.0750. The van der Waals surface area contributed by atoms with E-state index in [4.69, 9.17) is 0 Å². The lowest BCUT2D eigenvalue weighted by Gasteiger charge is -2.20. The van der Waals surface area contributed by atoms with E-state index in [1.165, 1.54) is 11.8 Å². The number of aromatic nitrogens is 2. The molecule has 4 aromatic rings. The average molecular weight is 397 g/mol. The van der Waals surface area contributed by atoms with Crippen LogP contribution in [0.5, 0.6) is 0 Å². The third-order valence-corrected chi connectivity index (χ3v) is 5.16. The first-order valence-corrected chi connectivity index (χ1v) is 9.97. The molecule has 0 saturated heterocycles. The van der Waals surface area contributed by atoms with Crippen molar-refractivity contribution in [2.75, 3.05) is 0 Å². The Morgan fingerprint density at radius 3 is 2.37 bits per heavy atom. The number of carbonyl (C=O) groups is 1. The summed E-state index contributed by atoms with van der Waals surface area (Å²) in [6, 6.07) is 25.2. The highest BCUT2D eigenvalue weighted by atomic mass is 16.1. The number of fused-ring (bicyclic) bond motifs is 1. The Kier molecular flexibility index (Phi) is 5.70. The Bertz CT molecular complexity index is 1210. The summed E-state index contributed by atoms with van der Waals surface area (Å²) in [7, 11) is 0. The molecule has 1 N–H and O–H groups in total. The van der Waals surface area contributed by atoms with Gasteiger partial charge in [-0.2, -0.15) is 5.10 Å². The number of amides is 1. The lowest BCUT2D eigenvalue weighted by molar-refractivity contribution is -0.121. The third-order valence-electron chi connectivity index (χ3n) is 5.16. The molecule has 0 bridgehead atoms. The Morgan fingerprint density at radius 1 is 0.933 bits per heavy atom. The first kappa shape index (κ1) is 19.6. The molecule has 4 rings (SSSR count). The molecule has 0 radical (unpaired) electrons. The summed E-state index contributed by atoms with van der Waals surface area (Å²) in [5.74, 6) is -0.0750. The van der Waals surface area contributed by atoms with E-state index in [9.17, 15) is 9.59 Å². The zero-order valence-electron chi connectivity index (χ0n) is 16.8. The number of hydrogen-bond acceptors (Lipinski definition) is 3. The summed E-state index contributed by atoms with van der Waals surface area (Å²) >= 11 is 0. The zero-order valence-corrected chi connectivity index (χ0v) is 16.8. The molecule has 1 unspecified atom stereocenters. The molecular weight excluding hydrogens is 374 g/mol. The maximum Gasteiger partial charge on any atom is 0.222 e. The summed E-state index contributed by atoms with van der Waals surface area (Å²) in [4.78, 5) is 24.8. The van der Waals surface area contributed by atoms with Crippen LogP contribution in [-0.4, -0.2) is 15.7 Å². The molecule has 3 aromatic carbocycles. The van der Waals surface area contributed by atoms with Gasteiger partial charge in [-0.1, -0.05) is 72.3 Å². The summed E-state index contributed by atoms with van der Waals surface area (Å²) in [6.07, 6.45) is 1.56. The number of hydrogen-bond donors (Lipinski definition) is 1. The zero-order chi connectivity index (χ0) is 20.9. The van der Waals surface area contributed by atoms with Gasteiger partial charge in [0.25, 0.3) is 0 Å². The average Bonchev–Trinajstić information content (AvgIpc) is 2.78. The fourth-order valence-electron chi connectivity index (χ4n) is 3.54. The summed E-state index contributed by atoms with van der Waals surface area (Å²) in [5, 5.41) is 7.97. The van der Waals surface area contributed by atoms with Crippen molar-refractivity contribution in [2.24, 2.45) is 0 Å². The lowest BCUT2D eigenvalue weighted by Crippen LogP contribution is -2.30. The van der Waals surface area contributed by atoms with E-state index in [2.05, 4.69) is 10.4 Å². The van der Waals surface area contributed by atoms with Gasteiger partial charge in [-0.05, 0) is 30.2 Å². The van der Waals surface area contributed by atoms with E-state index < -0.39 is 0 Å². The molecule has 0 aliphatic carbocycles. The first-order chi connectivity index (χ1) is 14.6. The van der Waals surface area contributed by atoms with Crippen LogP contribution in [0.25, 0.3) is 10.9 Å². The molecule has 5 heteroatoms. The van der Waals surface area contributed by atoms with E-state index in [1.807, 2.05) is 79.7 Å². The molecule has 30 heavy (non-hydrogen) atoms. The highest BCUT2D eigenvalue weighted by molar-refractivity contribution is 5.79. The number of carbonyl (C=O) groups excluding carboxylic acids is 1. The molecule has 0 aliphatic rings. The van der Waals surface area contributed by atoms with Crippen LogP contribution in [0.3, 0.4) is 0 Å². The van der Waals surface area contributed by atoms with E-state index in [0.29, 0.717) is 11.9 Å². The van der Waals surface area contributed by atoms with Gasteiger partial charge in [0.2, 0.25) is 11.3 Å². The summed E-state index contributed by atoms with van der Waals surface area (Å²) in [5.41, 5.74) is 3.85. The maximum atomic E-state index is 12.8. The highest BCUT2D eigenvalue weighted by Gasteiger charge is 2.17. The molecular formula is C25H23N3O2. The minimum Gasteiger partial charge on any atom is -0.345 e. The van der Waals surface area contributed by atoms with Gasteiger partial charge in [-0.3, -0.25) is 14.3 Å². The van der Waals surface area contributed by atoms with Gasteiger partial charge < -0.3 is 5.32 Å². The maximum absolute atomic E-state index is 12.8. The van der Waals surface area contributed by atoms with Crippen molar-refractivity contribution in [1.29, 1.82) is 0 Å². The van der Waals surface area contributed by atoms with Crippen LogP contribution in [0, 0.1) is 6.92 Å². The monoisotopic (exact) mass is 397 g/mol. The number of aryl methyl sites for hydroxylation is 2. The van der Waals surface area contributed by atoms with Crippen LogP contribution in [0.15, 0.2) is 89.9 Å². The standard InChI is InChI=1S/C25H23N3O2/c1-18-11-13-20(14-12-18)25(19-7-3-2-4-8-19)27-24(30)15-16-28-22-10-6-5-9-21(22)23(29)17-26-28/h2-14,17,25H,15-16H2,1H3,(H,27,30). The van der Waals surface area contributed by atoms with Crippen molar-refractivity contribution in [3.05, 3.63) is 112 Å². The number of benzene rings is 3. The van der Waals surface area contributed by atoms with Gasteiger partial charge in [0.1, 0.15) is 0 Å². The van der Waals surface area contributed by atoms with Gasteiger partial charge >= 0.3 is 0 Å². The molecule has 5 nitrogen and oxygen atoms in total. The number of para-hydroxylation sites is 1. The van der Waals surface area contributed by atoms with Crippen LogP contribution >= 0.6 is 0 Å². The second kappa shape index (κ2) is 8.74. The van der Waals surface area contributed by atoms with Crippen molar-refractivity contribution in [1.82, 2.24) is 15.1 Å². The SMILES string of the molecule is Cc1ccc(C(NC(=O)CCn2ncc(=O)c3ccccc32)c2ccccc2)cc1. The van der Waals surface area contributed by atoms with E-state index in [0.717, 1.165) is 16.6 Å². The smallest absolute Gasteiger partial charge is 0.222 e. The molecule has 1 heterocycles. The largest absolute Gasteiger partial charge is 0.345 e. The number of rotatable bonds is 6. The molecule has 150 valence electrons. The first-order valence-electron chi connectivity index (χ1n) is 9.97. The fourth-order valence-corrected chi connectivity index (χ4v) is 3.54. The summed E-state index contributed by atoms with van der Waals surface area (Å²) in [6.45, 7) is 2.43. The van der Waals surface area contributed by atoms with Gasteiger partial charge in [0, 0.05) is 11.8 Å². The third kappa shape index (κ3) is 4.30. The second-order valence-electron chi connectivity index (χ2n) is 7.32. The van der Waals surface area contributed by atoms with Crippen LogP contribution in [0.1, 0.15) is 29.2 Å². The lowest BCUT2D eigenvalue weighted by atomic mass is 9.97. The van der Waals surface area contributed by atoms with Gasteiger partial charge in [0.05, 0.1) is 24.3 Å². The normalized spacial score (nSPS) is 11.9. The van der Waals surface area contributed by atoms with Crippen LogP contribution in [-0.2, 0) is 11.3 Å². The molecule has 0 saturated carbocycles. The second-order valence-corrected chi connectivity index (χ2v) is 7.32.